The van der Waals surface area contributed by atoms with Crippen LogP contribution in [0.1, 0.15) is 41.5 Å². The highest BCUT2D eigenvalue weighted by Gasteiger charge is 2.13. The van der Waals surface area contributed by atoms with Crippen molar-refractivity contribution in [2.24, 2.45) is 0 Å². The molecule has 0 saturated carbocycles. The Hall–Kier alpha value is -1.42. The van der Waals surface area contributed by atoms with Gasteiger partial charge in [0, 0.05) is 24.7 Å². The SMILES string of the molecule is CC(C)Oc1cc(OCCN(C(C)C)C(C)C)ccc1N. The number of nitrogens with zero attached hydrogens (tertiary/aromatic N) is 1. The van der Waals surface area contributed by atoms with Crippen molar-refractivity contribution in [3.63, 3.8) is 0 Å². The molecule has 0 bridgehead atoms. The molecule has 0 fully saturated rings. The highest BCUT2D eigenvalue weighted by Crippen LogP contribution is 2.27. The van der Waals surface area contributed by atoms with Gasteiger partial charge >= 0.3 is 0 Å². The lowest BCUT2D eigenvalue weighted by Gasteiger charge is -2.30. The summed E-state index contributed by atoms with van der Waals surface area (Å²) in [4.78, 5) is 2.41. The third-order valence-electron chi connectivity index (χ3n) is 3.29. The average Bonchev–Trinajstić information content (AvgIpc) is 2.36. The van der Waals surface area contributed by atoms with Gasteiger partial charge in [0.15, 0.2) is 0 Å². The molecule has 0 aliphatic rings. The average molecular weight is 294 g/mol. The normalized spacial score (nSPS) is 11.7. The minimum absolute atomic E-state index is 0.0972. The first-order valence-corrected chi connectivity index (χ1v) is 7.76. The van der Waals surface area contributed by atoms with Crippen molar-refractivity contribution in [3.8, 4) is 11.5 Å². The molecule has 21 heavy (non-hydrogen) atoms. The number of rotatable bonds is 8. The van der Waals surface area contributed by atoms with Crippen LogP contribution in [0, 0.1) is 0 Å². The second-order valence-corrected chi connectivity index (χ2v) is 6.14. The Morgan fingerprint density at radius 2 is 1.67 bits per heavy atom. The molecular weight excluding hydrogens is 264 g/mol. The van der Waals surface area contributed by atoms with E-state index in [1.165, 1.54) is 0 Å². The minimum Gasteiger partial charge on any atom is -0.492 e. The molecule has 1 aromatic rings. The predicted octanol–water partition coefficient (Wildman–Crippen LogP) is 3.55. The van der Waals surface area contributed by atoms with Gasteiger partial charge in [-0.3, -0.25) is 4.90 Å². The largest absolute Gasteiger partial charge is 0.492 e. The van der Waals surface area contributed by atoms with Crippen molar-refractivity contribution >= 4 is 5.69 Å². The zero-order valence-corrected chi connectivity index (χ0v) is 14.2. The van der Waals surface area contributed by atoms with Crippen LogP contribution < -0.4 is 15.2 Å². The first kappa shape index (κ1) is 17.6. The van der Waals surface area contributed by atoms with E-state index in [2.05, 4.69) is 32.6 Å². The molecule has 4 nitrogen and oxygen atoms in total. The third kappa shape index (κ3) is 5.84. The lowest BCUT2D eigenvalue weighted by molar-refractivity contribution is 0.141. The maximum absolute atomic E-state index is 5.91. The van der Waals surface area contributed by atoms with E-state index in [0.717, 1.165) is 12.3 Å². The summed E-state index contributed by atoms with van der Waals surface area (Å²) in [5.74, 6) is 1.49. The van der Waals surface area contributed by atoms with Gasteiger partial charge in [-0.2, -0.15) is 0 Å². The molecule has 0 unspecified atom stereocenters. The summed E-state index contributed by atoms with van der Waals surface area (Å²) in [5.41, 5.74) is 6.55. The van der Waals surface area contributed by atoms with Crippen molar-refractivity contribution in [3.05, 3.63) is 18.2 Å². The van der Waals surface area contributed by atoms with Crippen LogP contribution in [0.3, 0.4) is 0 Å². The molecule has 0 aliphatic carbocycles. The Bertz CT molecular complexity index is 423. The van der Waals surface area contributed by atoms with Crippen LogP contribution in [-0.4, -0.2) is 36.2 Å². The fourth-order valence-electron chi connectivity index (χ4n) is 2.34. The van der Waals surface area contributed by atoms with E-state index in [-0.39, 0.29) is 6.10 Å². The van der Waals surface area contributed by atoms with Gasteiger partial charge in [-0.15, -0.1) is 0 Å². The summed E-state index contributed by atoms with van der Waals surface area (Å²) in [5, 5.41) is 0. The molecule has 4 heteroatoms. The molecule has 0 aromatic heterocycles. The van der Waals surface area contributed by atoms with E-state index >= 15 is 0 Å². The summed E-state index contributed by atoms with van der Waals surface area (Å²) in [6, 6.07) is 6.61. The molecule has 0 saturated heterocycles. The van der Waals surface area contributed by atoms with Gasteiger partial charge in [0.05, 0.1) is 11.8 Å². The third-order valence-corrected chi connectivity index (χ3v) is 3.29. The van der Waals surface area contributed by atoms with Crippen LogP contribution in [-0.2, 0) is 0 Å². The van der Waals surface area contributed by atoms with Crippen LogP contribution >= 0.6 is 0 Å². The summed E-state index contributed by atoms with van der Waals surface area (Å²) in [6.45, 7) is 14.3. The van der Waals surface area contributed by atoms with Crippen LogP contribution in [0.15, 0.2) is 18.2 Å². The van der Waals surface area contributed by atoms with Crippen LogP contribution in [0.4, 0.5) is 5.69 Å². The van der Waals surface area contributed by atoms with Gasteiger partial charge in [-0.25, -0.2) is 0 Å². The van der Waals surface area contributed by atoms with E-state index in [1.807, 2.05) is 32.0 Å². The lowest BCUT2D eigenvalue weighted by atomic mass is 10.2. The Kier molecular flexibility index (Phi) is 6.82. The second-order valence-electron chi connectivity index (χ2n) is 6.14. The molecule has 0 aliphatic heterocycles. The summed E-state index contributed by atoms with van der Waals surface area (Å²) in [6.07, 6.45) is 0.0972. The van der Waals surface area contributed by atoms with Gasteiger partial charge in [-0.1, -0.05) is 0 Å². The van der Waals surface area contributed by atoms with E-state index in [1.54, 1.807) is 0 Å². The number of ether oxygens (including phenoxy) is 2. The first-order chi connectivity index (χ1) is 9.81. The number of hydrogen-bond donors (Lipinski definition) is 1. The number of benzene rings is 1. The minimum atomic E-state index is 0.0972. The van der Waals surface area contributed by atoms with Crippen molar-refractivity contribution in [2.75, 3.05) is 18.9 Å². The fraction of sp³-hybridized carbons (Fsp3) is 0.647. The monoisotopic (exact) mass is 294 g/mol. The molecule has 0 radical (unpaired) electrons. The Balaban J connectivity index is 2.59. The van der Waals surface area contributed by atoms with Crippen molar-refractivity contribution in [1.82, 2.24) is 4.90 Å². The van der Waals surface area contributed by atoms with Crippen molar-refractivity contribution < 1.29 is 9.47 Å². The molecule has 120 valence electrons. The molecule has 0 spiro atoms. The van der Waals surface area contributed by atoms with Gasteiger partial charge < -0.3 is 15.2 Å². The molecule has 0 heterocycles. The van der Waals surface area contributed by atoms with Gasteiger partial charge in [-0.05, 0) is 53.7 Å². The maximum Gasteiger partial charge on any atom is 0.146 e. The standard InChI is InChI=1S/C17H30N2O2/c1-12(2)19(13(3)4)9-10-20-15-7-8-16(18)17(11-15)21-14(5)6/h7-8,11-14H,9-10,18H2,1-6H3. The first-order valence-electron chi connectivity index (χ1n) is 7.76. The fourth-order valence-corrected chi connectivity index (χ4v) is 2.34. The van der Waals surface area contributed by atoms with Gasteiger partial charge in [0.1, 0.15) is 18.1 Å². The lowest BCUT2D eigenvalue weighted by Crippen LogP contribution is -2.39. The van der Waals surface area contributed by atoms with Gasteiger partial charge in [0.25, 0.3) is 0 Å². The Morgan fingerprint density at radius 1 is 1.05 bits per heavy atom. The molecule has 1 aromatic carbocycles. The highest BCUT2D eigenvalue weighted by molar-refractivity contribution is 5.55. The molecule has 2 N–H and O–H groups in total. The van der Waals surface area contributed by atoms with E-state index < -0.39 is 0 Å². The highest BCUT2D eigenvalue weighted by atomic mass is 16.5. The topological polar surface area (TPSA) is 47.7 Å². The zero-order chi connectivity index (χ0) is 16.0. The molecule has 0 amide bonds. The van der Waals surface area contributed by atoms with Crippen LogP contribution in [0.2, 0.25) is 0 Å². The van der Waals surface area contributed by atoms with E-state index in [0.29, 0.717) is 30.1 Å². The number of nitrogen functional groups attached to an aromatic ring is 1. The van der Waals surface area contributed by atoms with Crippen LogP contribution in [0.25, 0.3) is 0 Å². The number of anilines is 1. The summed E-state index contributed by atoms with van der Waals surface area (Å²) < 4.78 is 11.5. The number of nitrogens with two attached hydrogens (primary N) is 1. The second kappa shape index (κ2) is 8.13. The molecular formula is C17H30N2O2. The van der Waals surface area contributed by atoms with Crippen molar-refractivity contribution in [2.45, 2.75) is 59.7 Å². The molecule has 1 rings (SSSR count). The van der Waals surface area contributed by atoms with E-state index in [4.69, 9.17) is 15.2 Å². The number of hydrogen-bond acceptors (Lipinski definition) is 4. The van der Waals surface area contributed by atoms with Crippen LogP contribution in [0.5, 0.6) is 11.5 Å². The van der Waals surface area contributed by atoms with Gasteiger partial charge in [0.2, 0.25) is 0 Å². The predicted molar refractivity (Wildman–Crippen MR) is 89.1 cm³/mol. The maximum atomic E-state index is 5.91. The van der Waals surface area contributed by atoms with E-state index in [9.17, 15) is 0 Å². The Morgan fingerprint density at radius 3 is 2.19 bits per heavy atom. The zero-order valence-electron chi connectivity index (χ0n) is 14.2. The summed E-state index contributed by atoms with van der Waals surface area (Å²) >= 11 is 0. The quantitative estimate of drug-likeness (QED) is 0.745. The summed E-state index contributed by atoms with van der Waals surface area (Å²) in [7, 11) is 0. The van der Waals surface area contributed by atoms with Crippen molar-refractivity contribution in [1.29, 1.82) is 0 Å². The Labute approximate surface area is 129 Å². The molecule has 0 atom stereocenters. The smallest absolute Gasteiger partial charge is 0.146 e.